The highest BCUT2D eigenvalue weighted by Gasteiger charge is 2.05. The molecule has 0 aliphatic rings. The Kier molecular flexibility index (Phi) is 5.33. The molecule has 2 heteroatoms. The summed E-state index contributed by atoms with van der Waals surface area (Å²) in [6, 6.07) is 6.38. The highest BCUT2D eigenvalue weighted by Crippen LogP contribution is 2.19. The lowest BCUT2D eigenvalue weighted by molar-refractivity contribution is 0.326. The van der Waals surface area contributed by atoms with Crippen molar-refractivity contribution in [3.63, 3.8) is 0 Å². The van der Waals surface area contributed by atoms with Gasteiger partial charge in [-0.1, -0.05) is 19.9 Å². The molecular weight excluding hydrogens is 198 g/mol. The van der Waals surface area contributed by atoms with E-state index in [1.54, 1.807) is 7.11 Å². The van der Waals surface area contributed by atoms with Gasteiger partial charge in [-0.3, -0.25) is 0 Å². The Morgan fingerprint density at radius 2 is 1.94 bits per heavy atom. The van der Waals surface area contributed by atoms with Crippen LogP contribution in [0, 0.1) is 0 Å². The Morgan fingerprint density at radius 3 is 2.50 bits per heavy atom. The van der Waals surface area contributed by atoms with Crippen molar-refractivity contribution in [2.75, 3.05) is 20.7 Å². The molecule has 0 atom stereocenters. The Bertz CT molecular complexity index is 323. The summed E-state index contributed by atoms with van der Waals surface area (Å²) in [4.78, 5) is 2.36. The molecule has 0 bridgehead atoms. The molecule has 1 aromatic rings. The first-order valence-corrected chi connectivity index (χ1v) is 6.05. The molecule has 0 N–H and O–H groups in total. The zero-order valence-corrected chi connectivity index (χ0v) is 10.9. The molecule has 0 saturated heterocycles. The molecule has 90 valence electrons. The molecule has 16 heavy (non-hydrogen) atoms. The summed E-state index contributed by atoms with van der Waals surface area (Å²) in [5, 5.41) is 0. The quantitative estimate of drug-likeness (QED) is 0.732. The summed E-state index contributed by atoms with van der Waals surface area (Å²) in [6.45, 7) is 6.58. The largest absolute Gasteiger partial charge is 0.497 e. The molecule has 1 aromatic carbocycles. The molecule has 0 fully saturated rings. The molecule has 0 spiro atoms. The molecule has 0 aliphatic heterocycles. The summed E-state index contributed by atoms with van der Waals surface area (Å²) in [6.07, 6.45) is 2.26. The minimum Gasteiger partial charge on any atom is -0.497 e. The summed E-state index contributed by atoms with van der Waals surface area (Å²) in [5.74, 6) is 0.957. The average Bonchev–Trinajstić information content (AvgIpc) is 2.30. The minimum atomic E-state index is 0.957. The highest BCUT2D eigenvalue weighted by molar-refractivity contribution is 5.35. The van der Waals surface area contributed by atoms with Crippen LogP contribution in [0.2, 0.25) is 0 Å². The second-order valence-electron chi connectivity index (χ2n) is 4.23. The fourth-order valence-corrected chi connectivity index (χ4v) is 1.96. The molecule has 2 nitrogen and oxygen atoms in total. The van der Waals surface area contributed by atoms with Gasteiger partial charge in [-0.15, -0.1) is 0 Å². The smallest absolute Gasteiger partial charge is 0.119 e. The summed E-state index contributed by atoms with van der Waals surface area (Å²) >= 11 is 0. The molecule has 0 saturated carbocycles. The van der Waals surface area contributed by atoms with Gasteiger partial charge in [-0.25, -0.2) is 0 Å². The fraction of sp³-hybridized carbons (Fsp3) is 0.571. The number of methoxy groups -OCH3 is 1. The van der Waals surface area contributed by atoms with Crippen molar-refractivity contribution in [2.24, 2.45) is 0 Å². The lowest BCUT2D eigenvalue weighted by Crippen LogP contribution is -2.19. The minimum absolute atomic E-state index is 0.957. The first kappa shape index (κ1) is 13.0. The Labute approximate surface area is 99.2 Å². The third kappa shape index (κ3) is 3.53. The number of ether oxygens (including phenoxy) is 1. The zero-order chi connectivity index (χ0) is 12.0. The number of hydrogen-bond donors (Lipinski definition) is 0. The van der Waals surface area contributed by atoms with Gasteiger partial charge in [0.2, 0.25) is 0 Å². The van der Waals surface area contributed by atoms with E-state index in [1.165, 1.54) is 17.5 Å². The SMILES string of the molecule is CCCN(C)Cc1ccc(OC)cc1CC. The van der Waals surface area contributed by atoms with Gasteiger partial charge in [0.25, 0.3) is 0 Å². The molecule has 0 heterocycles. The van der Waals surface area contributed by atoms with E-state index in [-0.39, 0.29) is 0 Å². The molecule has 0 radical (unpaired) electrons. The maximum Gasteiger partial charge on any atom is 0.119 e. The van der Waals surface area contributed by atoms with Crippen molar-refractivity contribution in [1.29, 1.82) is 0 Å². The van der Waals surface area contributed by atoms with Crippen LogP contribution in [0.25, 0.3) is 0 Å². The second kappa shape index (κ2) is 6.54. The maximum absolute atomic E-state index is 5.25. The normalized spacial score (nSPS) is 10.8. The van der Waals surface area contributed by atoms with E-state index in [1.807, 2.05) is 6.07 Å². The number of hydrogen-bond acceptors (Lipinski definition) is 2. The first-order chi connectivity index (χ1) is 7.71. The Morgan fingerprint density at radius 1 is 1.19 bits per heavy atom. The zero-order valence-electron chi connectivity index (χ0n) is 10.9. The van der Waals surface area contributed by atoms with Crippen molar-refractivity contribution in [3.8, 4) is 5.75 Å². The average molecular weight is 221 g/mol. The van der Waals surface area contributed by atoms with E-state index >= 15 is 0 Å². The monoisotopic (exact) mass is 221 g/mol. The topological polar surface area (TPSA) is 12.5 Å². The van der Waals surface area contributed by atoms with Crippen LogP contribution < -0.4 is 4.74 Å². The molecule has 0 amide bonds. The summed E-state index contributed by atoms with van der Waals surface area (Å²) in [5.41, 5.74) is 2.81. The van der Waals surface area contributed by atoms with Crippen LogP contribution in [0.15, 0.2) is 18.2 Å². The second-order valence-corrected chi connectivity index (χ2v) is 4.23. The maximum atomic E-state index is 5.25. The van der Waals surface area contributed by atoms with E-state index in [4.69, 9.17) is 4.74 Å². The highest BCUT2D eigenvalue weighted by atomic mass is 16.5. The van der Waals surface area contributed by atoms with Gasteiger partial charge in [-0.2, -0.15) is 0 Å². The number of nitrogens with zero attached hydrogens (tertiary/aromatic N) is 1. The van der Waals surface area contributed by atoms with Crippen molar-refractivity contribution in [2.45, 2.75) is 33.2 Å². The number of rotatable bonds is 6. The van der Waals surface area contributed by atoms with Gasteiger partial charge in [0.1, 0.15) is 5.75 Å². The van der Waals surface area contributed by atoms with Gasteiger partial charge in [-0.05, 0) is 49.7 Å². The van der Waals surface area contributed by atoms with Gasteiger partial charge in [0.15, 0.2) is 0 Å². The van der Waals surface area contributed by atoms with E-state index in [9.17, 15) is 0 Å². The lowest BCUT2D eigenvalue weighted by Gasteiger charge is -2.18. The van der Waals surface area contributed by atoms with Gasteiger partial charge >= 0.3 is 0 Å². The third-order valence-corrected chi connectivity index (χ3v) is 2.84. The summed E-state index contributed by atoms with van der Waals surface area (Å²) < 4.78 is 5.25. The standard InChI is InChI=1S/C14H23NO/c1-5-9-15(3)11-13-7-8-14(16-4)10-12(13)6-2/h7-8,10H,5-6,9,11H2,1-4H3. The van der Waals surface area contributed by atoms with E-state index in [2.05, 4.69) is 37.9 Å². The predicted octanol–water partition coefficient (Wildman–Crippen LogP) is 3.10. The van der Waals surface area contributed by atoms with Gasteiger partial charge in [0.05, 0.1) is 7.11 Å². The van der Waals surface area contributed by atoms with Crippen molar-refractivity contribution < 1.29 is 4.74 Å². The molecular formula is C14H23NO. The molecule has 0 aliphatic carbocycles. The first-order valence-electron chi connectivity index (χ1n) is 6.05. The molecule has 1 rings (SSSR count). The van der Waals surface area contributed by atoms with Crippen molar-refractivity contribution in [3.05, 3.63) is 29.3 Å². The van der Waals surface area contributed by atoms with Crippen LogP contribution in [0.5, 0.6) is 5.75 Å². The fourth-order valence-electron chi connectivity index (χ4n) is 1.96. The third-order valence-electron chi connectivity index (χ3n) is 2.84. The van der Waals surface area contributed by atoms with E-state index in [0.29, 0.717) is 0 Å². The van der Waals surface area contributed by atoms with Crippen LogP contribution in [0.4, 0.5) is 0 Å². The van der Waals surface area contributed by atoms with Gasteiger partial charge in [0, 0.05) is 6.54 Å². The van der Waals surface area contributed by atoms with E-state index in [0.717, 1.165) is 25.3 Å². The van der Waals surface area contributed by atoms with Crippen LogP contribution in [0.1, 0.15) is 31.4 Å². The van der Waals surface area contributed by atoms with Crippen LogP contribution in [0.3, 0.4) is 0 Å². The van der Waals surface area contributed by atoms with Crippen LogP contribution >= 0.6 is 0 Å². The number of benzene rings is 1. The van der Waals surface area contributed by atoms with Crippen molar-refractivity contribution in [1.82, 2.24) is 4.90 Å². The Hall–Kier alpha value is -1.02. The predicted molar refractivity (Wildman–Crippen MR) is 69.0 cm³/mol. The van der Waals surface area contributed by atoms with Gasteiger partial charge < -0.3 is 9.64 Å². The molecule has 0 unspecified atom stereocenters. The van der Waals surface area contributed by atoms with Crippen LogP contribution in [-0.2, 0) is 13.0 Å². The Balaban J connectivity index is 2.78. The van der Waals surface area contributed by atoms with Crippen molar-refractivity contribution >= 4 is 0 Å². The lowest BCUT2D eigenvalue weighted by atomic mass is 10.0. The number of aryl methyl sites for hydroxylation is 1. The summed E-state index contributed by atoms with van der Waals surface area (Å²) in [7, 11) is 3.89. The molecule has 0 aromatic heterocycles. The van der Waals surface area contributed by atoms with E-state index < -0.39 is 0 Å². The van der Waals surface area contributed by atoms with Crippen LogP contribution in [-0.4, -0.2) is 25.6 Å².